The number of halogens is 1. The molecule has 2 heterocycles. The molecule has 8 nitrogen and oxygen atoms in total. The monoisotopic (exact) mass is 460 g/mol. The molecule has 0 spiro atoms. The molecule has 1 aliphatic heterocycles. The van der Waals surface area contributed by atoms with Crippen LogP contribution in [0.1, 0.15) is 64.7 Å². The second kappa shape index (κ2) is 11.4. The van der Waals surface area contributed by atoms with Crippen LogP contribution in [0.5, 0.6) is 29.5 Å². The van der Waals surface area contributed by atoms with Crippen LogP contribution in [0.25, 0.3) is 0 Å². The number of nitrogens with zero attached hydrogens (tertiary/aromatic N) is 3. The summed E-state index contributed by atoms with van der Waals surface area (Å²) in [7, 11) is 1.41. The first-order chi connectivity index (χ1) is 16.1. The fourth-order valence-corrected chi connectivity index (χ4v) is 4.41. The minimum atomic E-state index is -0.534. The molecule has 1 N–H and O–H groups in total. The van der Waals surface area contributed by atoms with Crippen LogP contribution in [0.3, 0.4) is 0 Å². The Bertz CT molecular complexity index is 902. The maximum absolute atomic E-state index is 14.1. The molecular weight excluding hydrogens is 427 g/mol. The Balaban J connectivity index is 1.56. The maximum atomic E-state index is 14.1. The topological polar surface area (TPSA) is 87.6 Å². The van der Waals surface area contributed by atoms with Crippen LogP contribution >= 0.6 is 0 Å². The average Bonchev–Trinajstić information content (AvgIpc) is 3.22. The normalized spacial score (nSPS) is 20.2. The number of methoxy groups -OCH3 is 1. The van der Waals surface area contributed by atoms with Crippen molar-refractivity contribution in [3.8, 4) is 29.5 Å². The summed E-state index contributed by atoms with van der Waals surface area (Å²) in [5.41, 5.74) is 0. The standard InChI is InChI=1S/C24H33FN4O4/c1-3-20(19-11-8-14-26-19)33-24-28-22(31-16-9-6-4-5-7-10-16)27-23(29-24)32-17-12-13-21(30-2)18(25)15-17/h12-13,15-16,19-20,26H,3-11,14H2,1-2H3. The van der Waals surface area contributed by atoms with Gasteiger partial charge in [-0.3, -0.25) is 0 Å². The Labute approximate surface area is 194 Å². The third kappa shape index (κ3) is 6.43. The minimum Gasteiger partial charge on any atom is -0.494 e. The molecule has 0 bridgehead atoms. The van der Waals surface area contributed by atoms with Crippen LogP contribution in [0, 0.1) is 5.82 Å². The van der Waals surface area contributed by atoms with E-state index in [0.29, 0.717) is 0 Å². The molecule has 1 aromatic heterocycles. The summed E-state index contributed by atoms with van der Waals surface area (Å²) in [6.45, 7) is 3.06. The number of hydrogen-bond donors (Lipinski definition) is 1. The van der Waals surface area contributed by atoms with Gasteiger partial charge in [-0.05, 0) is 63.6 Å². The Morgan fingerprint density at radius 1 is 1.00 bits per heavy atom. The quantitative estimate of drug-likeness (QED) is 0.533. The number of hydrogen-bond acceptors (Lipinski definition) is 8. The van der Waals surface area contributed by atoms with Gasteiger partial charge in [-0.25, -0.2) is 4.39 Å². The van der Waals surface area contributed by atoms with Crippen molar-refractivity contribution in [3.05, 3.63) is 24.0 Å². The van der Waals surface area contributed by atoms with Crippen LogP contribution in [0.4, 0.5) is 4.39 Å². The van der Waals surface area contributed by atoms with Gasteiger partial charge < -0.3 is 24.3 Å². The van der Waals surface area contributed by atoms with E-state index in [1.165, 1.54) is 32.1 Å². The Morgan fingerprint density at radius 2 is 1.76 bits per heavy atom. The van der Waals surface area contributed by atoms with Crippen molar-refractivity contribution in [1.82, 2.24) is 20.3 Å². The molecule has 33 heavy (non-hydrogen) atoms. The molecule has 2 atom stereocenters. The second-order valence-electron chi connectivity index (χ2n) is 8.58. The van der Waals surface area contributed by atoms with E-state index in [-0.39, 0.29) is 47.8 Å². The fraction of sp³-hybridized carbons (Fsp3) is 0.625. The Kier molecular flexibility index (Phi) is 8.15. The highest BCUT2D eigenvalue weighted by Gasteiger charge is 2.27. The molecule has 2 aromatic rings. The van der Waals surface area contributed by atoms with E-state index in [1.807, 2.05) is 0 Å². The molecule has 180 valence electrons. The van der Waals surface area contributed by atoms with Crippen molar-refractivity contribution in [2.24, 2.45) is 0 Å². The summed E-state index contributed by atoms with van der Waals surface area (Å²) in [6.07, 6.45) is 9.55. The summed E-state index contributed by atoms with van der Waals surface area (Å²) in [6, 6.07) is 4.89. The summed E-state index contributed by atoms with van der Waals surface area (Å²) in [5, 5.41) is 3.47. The zero-order valence-electron chi connectivity index (χ0n) is 19.4. The van der Waals surface area contributed by atoms with E-state index in [1.54, 1.807) is 6.07 Å². The van der Waals surface area contributed by atoms with Gasteiger partial charge in [0.2, 0.25) is 0 Å². The van der Waals surface area contributed by atoms with Crippen LogP contribution in [0.15, 0.2) is 18.2 Å². The molecule has 0 amide bonds. The molecule has 2 unspecified atom stereocenters. The maximum Gasteiger partial charge on any atom is 0.331 e. The minimum absolute atomic E-state index is 0.00224. The Hall–Kier alpha value is -2.68. The summed E-state index contributed by atoms with van der Waals surface area (Å²) < 4.78 is 37.2. The number of nitrogens with one attached hydrogen (secondary N) is 1. The van der Waals surface area contributed by atoms with Gasteiger partial charge in [-0.2, -0.15) is 0 Å². The van der Waals surface area contributed by atoms with Crippen molar-refractivity contribution < 1.29 is 23.3 Å². The molecule has 4 rings (SSSR count). The average molecular weight is 461 g/mol. The third-order valence-electron chi connectivity index (χ3n) is 6.19. The molecular formula is C24H33FN4O4. The second-order valence-corrected chi connectivity index (χ2v) is 8.58. The SMILES string of the molecule is CCC(Oc1nc(Oc2ccc(OC)c(F)c2)nc(OC2CCCCCC2)n1)C1CCCN1. The predicted octanol–water partition coefficient (Wildman–Crippen LogP) is 4.82. The summed E-state index contributed by atoms with van der Waals surface area (Å²) in [4.78, 5) is 13.1. The lowest BCUT2D eigenvalue weighted by molar-refractivity contribution is 0.130. The van der Waals surface area contributed by atoms with E-state index < -0.39 is 5.82 Å². The van der Waals surface area contributed by atoms with Gasteiger partial charge in [0.25, 0.3) is 0 Å². The number of aromatic nitrogens is 3. The highest BCUT2D eigenvalue weighted by molar-refractivity contribution is 5.34. The van der Waals surface area contributed by atoms with Crippen LogP contribution in [-0.4, -0.2) is 46.9 Å². The lowest BCUT2D eigenvalue weighted by Gasteiger charge is -2.23. The van der Waals surface area contributed by atoms with E-state index >= 15 is 0 Å². The first kappa shape index (κ1) is 23.5. The zero-order valence-corrected chi connectivity index (χ0v) is 19.4. The summed E-state index contributed by atoms with van der Waals surface area (Å²) in [5.74, 6) is -0.154. The van der Waals surface area contributed by atoms with Crippen molar-refractivity contribution in [2.45, 2.75) is 83.0 Å². The van der Waals surface area contributed by atoms with Crippen molar-refractivity contribution in [3.63, 3.8) is 0 Å². The molecule has 9 heteroatoms. The lowest BCUT2D eigenvalue weighted by Crippen LogP contribution is -2.38. The van der Waals surface area contributed by atoms with Gasteiger partial charge in [0, 0.05) is 12.1 Å². The van der Waals surface area contributed by atoms with E-state index in [4.69, 9.17) is 18.9 Å². The van der Waals surface area contributed by atoms with Gasteiger partial charge in [-0.15, -0.1) is 15.0 Å². The molecule has 2 fully saturated rings. The fourth-order valence-electron chi connectivity index (χ4n) is 4.41. The van der Waals surface area contributed by atoms with Gasteiger partial charge >= 0.3 is 18.0 Å². The molecule has 1 aromatic carbocycles. The zero-order chi connectivity index (χ0) is 23.0. The number of rotatable bonds is 9. The highest BCUT2D eigenvalue weighted by Crippen LogP contribution is 2.28. The lowest BCUT2D eigenvalue weighted by atomic mass is 10.1. The van der Waals surface area contributed by atoms with E-state index in [2.05, 4.69) is 27.2 Å². The Morgan fingerprint density at radius 3 is 2.42 bits per heavy atom. The third-order valence-corrected chi connectivity index (χ3v) is 6.19. The first-order valence-corrected chi connectivity index (χ1v) is 12.0. The summed E-state index contributed by atoms with van der Waals surface area (Å²) >= 11 is 0. The van der Waals surface area contributed by atoms with Gasteiger partial charge in [0.15, 0.2) is 11.6 Å². The molecule has 1 saturated carbocycles. The highest BCUT2D eigenvalue weighted by atomic mass is 19.1. The van der Waals surface area contributed by atoms with Crippen molar-refractivity contribution >= 4 is 0 Å². The largest absolute Gasteiger partial charge is 0.494 e. The van der Waals surface area contributed by atoms with Gasteiger partial charge in [-0.1, -0.05) is 19.8 Å². The van der Waals surface area contributed by atoms with Gasteiger partial charge in [0.1, 0.15) is 18.0 Å². The van der Waals surface area contributed by atoms with E-state index in [9.17, 15) is 4.39 Å². The molecule has 1 saturated heterocycles. The predicted molar refractivity (Wildman–Crippen MR) is 121 cm³/mol. The van der Waals surface area contributed by atoms with Crippen LogP contribution in [-0.2, 0) is 0 Å². The number of benzene rings is 1. The van der Waals surface area contributed by atoms with Gasteiger partial charge in [0.05, 0.1) is 7.11 Å². The van der Waals surface area contributed by atoms with Crippen LogP contribution < -0.4 is 24.3 Å². The molecule has 0 radical (unpaired) electrons. The molecule has 2 aliphatic rings. The van der Waals surface area contributed by atoms with Crippen molar-refractivity contribution in [2.75, 3.05) is 13.7 Å². The van der Waals surface area contributed by atoms with Crippen LogP contribution in [0.2, 0.25) is 0 Å². The first-order valence-electron chi connectivity index (χ1n) is 12.0. The van der Waals surface area contributed by atoms with E-state index in [0.717, 1.165) is 51.5 Å². The number of ether oxygens (including phenoxy) is 4. The molecule has 1 aliphatic carbocycles. The smallest absolute Gasteiger partial charge is 0.331 e. The van der Waals surface area contributed by atoms with Crippen molar-refractivity contribution in [1.29, 1.82) is 0 Å².